The third kappa shape index (κ3) is 3.51. The summed E-state index contributed by atoms with van der Waals surface area (Å²) < 4.78 is 0. The predicted molar refractivity (Wildman–Crippen MR) is 87.9 cm³/mol. The third-order valence-electron chi connectivity index (χ3n) is 4.14. The zero-order chi connectivity index (χ0) is 14.7. The van der Waals surface area contributed by atoms with Gasteiger partial charge in [0.25, 0.3) is 0 Å². The van der Waals surface area contributed by atoms with Gasteiger partial charge in [0.2, 0.25) is 0 Å². The van der Waals surface area contributed by atoms with E-state index in [2.05, 4.69) is 43.1 Å². The highest BCUT2D eigenvalue weighted by Gasteiger charge is 2.24. The number of thiazole rings is 1. The first-order valence-electron chi connectivity index (χ1n) is 7.58. The maximum atomic E-state index is 4.91. The van der Waals surface area contributed by atoms with Gasteiger partial charge in [0.15, 0.2) is 5.13 Å². The van der Waals surface area contributed by atoms with Crippen molar-refractivity contribution in [3.8, 4) is 0 Å². The Morgan fingerprint density at radius 1 is 1.40 bits per heavy atom. The molecule has 1 saturated heterocycles. The maximum absolute atomic E-state index is 4.91. The van der Waals surface area contributed by atoms with E-state index in [-0.39, 0.29) is 0 Å². The summed E-state index contributed by atoms with van der Waals surface area (Å²) in [6.45, 7) is 7.77. The lowest BCUT2D eigenvalue weighted by molar-refractivity contribution is 0.253. The van der Waals surface area contributed by atoms with Crippen LogP contribution in [-0.2, 0) is 6.54 Å². The van der Waals surface area contributed by atoms with Crippen molar-refractivity contribution in [2.45, 2.75) is 45.2 Å². The smallest absolute Gasteiger partial charge is 0.185 e. The topological polar surface area (TPSA) is 31.4 Å². The first-order chi connectivity index (χ1) is 9.52. The first-order valence-corrected chi connectivity index (χ1v) is 8.40. The van der Waals surface area contributed by atoms with Gasteiger partial charge in [-0.05, 0) is 45.9 Å². The molecule has 1 aromatic heterocycles. The summed E-state index contributed by atoms with van der Waals surface area (Å²) in [5.74, 6) is 0.495. The highest BCUT2D eigenvalue weighted by molar-refractivity contribution is 7.15. The number of likely N-dealkylation sites (tertiary alicyclic amines) is 1. The monoisotopic (exact) mass is 296 g/mol. The van der Waals surface area contributed by atoms with Crippen molar-refractivity contribution < 1.29 is 0 Å². The maximum Gasteiger partial charge on any atom is 0.185 e. The quantitative estimate of drug-likeness (QED) is 0.905. The number of piperidine rings is 1. The minimum Gasteiger partial charge on any atom is -0.348 e. The van der Waals surface area contributed by atoms with Gasteiger partial charge in [0.1, 0.15) is 0 Å². The number of hydrogen-bond donors (Lipinski definition) is 1. The molecule has 0 bridgehead atoms. The molecule has 5 heteroatoms. The number of anilines is 1. The van der Waals surface area contributed by atoms with Gasteiger partial charge in [-0.15, -0.1) is 11.3 Å². The fourth-order valence-electron chi connectivity index (χ4n) is 2.78. The Morgan fingerprint density at radius 3 is 2.60 bits per heavy atom. The molecule has 1 aliphatic rings. The first kappa shape index (κ1) is 15.7. The van der Waals surface area contributed by atoms with E-state index in [0.29, 0.717) is 12.0 Å². The molecule has 114 valence electrons. The number of hydrogen-bond acceptors (Lipinski definition) is 5. The van der Waals surface area contributed by atoms with Gasteiger partial charge in [-0.25, -0.2) is 4.98 Å². The van der Waals surface area contributed by atoms with Crippen LogP contribution in [0.1, 0.15) is 43.2 Å². The minimum absolute atomic E-state index is 0.495. The average Bonchev–Trinajstić information content (AvgIpc) is 2.83. The molecule has 0 aliphatic carbocycles. The molecule has 0 aromatic carbocycles. The molecule has 2 rings (SSSR count). The molecular formula is C15H28N4S. The lowest BCUT2D eigenvalue weighted by Crippen LogP contribution is -2.41. The Kier molecular flexibility index (Phi) is 5.41. The van der Waals surface area contributed by atoms with E-state index in [9.17, 15) is 0 Å². The minimum atomic E-state index is 0.495. The molecule has 1 aromatic rings. The molecule has 1 N–H and O–H groups in total. The van der Waals surface area contributed by atoms with Crippen LogP contribution in [0.5, 0.6) is 0 Å². The van der Waals surface area contributed by atoms with Crippen molar-refractivity contribution in [1.82, 2.24) is 15.2 Å². The zero-order valence-electron chi connectivity index (χ0n) is 13.4. The second-order valence-corrected chi connectivity index (χ2v) is 7.20. The van der Waals surface area contributed by atoms with Crippen LogP contribution in [0.15, 0.2) is 0 Å². The van der Waals surface area contributed by atoms with Gasteiger partial charge in [-0.1, -0.05) is 13.8 Å². The van der Waals surface area contributed by atoms with E-state index in [1.165, 1.54) is 41.6 Å². The molecule has 0 unspecified atom stereocenters. The second-order valence-electron chi connectivity index (χ2n) is 6.14. The van der Waals surface area contributed by atoms with Crippen molar-refractivity contribution in [2.24, 2.45) is 0 Å². The summed E-state index contributed by atoms with van der Waals surface area (Å²) in [4.78, 5) is 11.1. The highest BCUT2D eigenvalue weighted by Crippen LogP contribution is 2.32. The molecule has 1 fully saturated rings. The summed E-state index contributed by atoms with van der Waals surface area (Å²) in [6.07, 6.45) is 2.48. The Bertz CT molecular complexity index is 422. The van der Waals surface area contributed by atoms with Gasteiger partial charge in [0, 0.05) is 24.5 Å². The number of nitrogens with one attached hydrogen (secondary N) is 1. The van der Waals surface area contributed by atoms with E-state index in [4.69, 9.17) is 4.98 Å². The van der Waals surface area contributed by atoms with Gasteiger partial charge in [-0.2, -0.15) is 0 Å². The van der Waals surface area contributed by atoms with Gasteiger partial charge in [-0.3, -0.25) is 0 Å². The molecule has 2 heterocycles. The molecule has 4 nitrogen and oxygen atoms in total. The van der Waals surface area contributed by atoms with E-state index in [1.807, 2.05) is 18.4 Å². The molecule has 20 heavy (non-hydrogen) atoms. The largest absolute Gasteiger partial charge is 0.348 e. The van der Waals surface area contributed by atoms with E-state index < -0.39 is 0 Å². The van der Waals surface area contributed by atoms with Crippen molar-refractivity contribution >= 4 is 16.5 Å². The third-order valence-corrected chi connectivity index (χ3v) is 5.30. The summed E-state index contributed by atoms with van der Waals surface area (Å²) in [5, 5.41) is 4.45. The van der Waals surface area contributed by atoms with Crippen LogP contribution in [-0.4, -0.2) is 50.2 Å². The SMILES string of the molecule is CNCc1sc(N(C)C2CCN(C)CC2)nc1C(C)C. The molecular weight excluding hydrogens is 268 g/mol. The molecule has 0 spiro atoms. The van der Waals surface area contributed by atoms with E-state index in [0.717, 1.165) is 6.54 Å². The standard InChI is InChI=1S/C15H28N4S/c1-11(2)14-13(10-16-3)20-15(17-14)19(5)12-6-8-18(4)9-7-12/h11-12,16H,6-10H2,1-5H3. The number of nitrogens with zero attached hydrogens (tertiary/aromatic N) is 3. The molecule has 1 aliphatic heterocycles. The molecule has 0 amide bonds. The van der Waals surface area contributed by atoms with Crippen molar-refractivity contribution in [2.75, 3.05) is 39.1 Å². The summed E-state index contributed by atoms with van der Waals surface area (Å²) in [5.41, 5.74) is 1.26. The van der Waals surface area contributed by atoms with Crippen LogP contribution >= 0.6 is 11.3 Å². The fourth-order valence-corrected chi connectivity index (χ4v) is 4.04. The number of aromatic nitrogens is 1. The van der Waals surface area contributed by atoms with Gasteiger partial charge in [0.05, 0.1) is 5.69 Å². The van der Waals surface area contributed by atoms with Crippen LogP contribution in [0.4, 0.5) is 5.13 Å². The van der Waals surface area contributed by atoms with Crippen LogP contribution in [0.2, 0.25) is 0 Å². The average molecular weight is 296 g/mol. The highest BCUT2D eigenvalue weighted by atomic mass is 32.1. The van der Waals surface area contributed by atoms with Crippen LogP contribution in [0.3, 0.4) is 0 Å². The predicted octanol–water partition coefficient (Wildman–Crippen LogP) is 2.52. The van der Waals surface area contributed by atoms with E-state index >= 15 is 0 Å². The summed E-state index contributed by atoms with van der Waals surface area (Å²) >= 11 is 1.85. The van der Waals surface area contributed by atoms with Crippen LogP contribution < -0.4 is 10.2 Å². The summed E-state index contributed by atoms with van der Waals surface area (Å²) in [7, 11) is 6.42. The van der Waals surface area contributed by atoms with Crippen LogP contribution in [0.25, 0.3) is 0 Å². The normalized spacial score (nSPS) is 17.9. The van der Waals surface area contributed by atoms with Crippen molar-refractivity contribution in [3.63, 3.8) is 0 Å². The number of rotatable bonds is 5. The lowest BCUT2D eigenvalue weighted by atomic mass is 10.0. The van der Waals surface area contributed by atoms with Gasteiger partial charge >= 0.3 is 0 Å². The zero-order valence-corrected chi connectivity index (χ0v) is 14.3. The van der Waals surface area contributed by atoms with Crippen molar-refractivity contribution in [1.29, 1.82) is 0 Å². The fraction of sp³-hybridized carbons (Fsp3) is 0.800. The Morgan fingerprint density at radius 2 is 2.05 bits per heavy atom. The Labute approximate surface area is 127 Å². The second kappa shape index (κ2) is 6.87. The van der Waals surface area contributed by atoms with E-state index in [1.54, 1.807) is 0 Å². The lowest BCUT2D eigenvalue weighted by Gasteiger charge is -2.34. The molecule has 0 radical (unpaired) electrons. The van der Waals surface area contributed by atoms with Crippen LogP contribution in [0, 0.1) is 0 Å². The van der Waals surface area contributed by atoms with Crippen molar-refractivity contribution in [3.05, 3.63) is 10.6 Å². The molecule has 0 atom stereocenters. The molecule has 0 saturated carbocycles. The summed E-state index contributed by atoms with van der Waals surface area (Å²) in [6, 6.07) is 0.639. The van der Waals surface area contributed by atoms with Gasteiger partial charge < -0.3 is 15.1 Å². The Balaban J connectivity index is 2.13. The Hall–Kier alpha value is -0.650.